The Morgan fingerprint density at radius 3 is 2.88 bits per heavy atom. The van der Waals surface area contributed by atoms with Gasteiger partial charge in [-0.3, -0.25) is 9.59 Å². The molecule has 1 atom stereocenters. The van der Waals surface area contributed by atoms with E-state index in [2.05, 4.69) is 20.7 Å². The van der Waals surface area contributed by atoms with Crippen LogP contribution in [0.2, 0.25) is 0 Å². The van der Waals surface area contributed by atoms with E-state index in [0.717, 1.165) is 11.6 Å². The number of aromatic nitrogens is 3. The van der Waals surface area contributed by atoms with Crippen molar-refractivity contribution in [1.29, 1.82) is 0 Å². The van der Waals surface area contributed by atoms with E-state index >= 15 is 0 Å². The number of aryl methyl sites for hydroxylation is 1. The highest BCUT2D eigenvalue weighted by Crippen LogP contribution is 2.31. The normalized spacial score (nSPS) is 15.2. The maximum atomic E-state index is 14.0. The number of ether oxygens (including phenoxy) is 2. The first-order valence-corrected chi connectivity index (χ1v) is 10.2. The van der Waals surface area contributed by atoms with Crippen LogP contribution in [0.3, 0.4) is 0 Å². The molecule has 11 heteroatoms. The van der Waals surface area contributed by atoms with Gasteiger partial charge in [0.15, 0.2) is 5.82 Å². The first kappa shape index (κ1) is 22.3. The molecule has 0 saturated heterocycles. The molecule has 4 rings (SSSR count). The third-order valence-electron chi connectivity index (χ3n) is 4.91. The van der Waals surface area contributed by atoms with Crippen LogP contribution >= 0.6 is 0 Å². The number of carbonyl (C=O) groups excluding carboxylic acids is 2. The van der Waals surface area contributed by atoms with Crippen molar-refractivity contribution < 1.29 is 27.8 Å². The van der Waals surface area contributed by atoms with Crippen molar-refractivity contribution in [3.8, 4) is 5.75 Å². The summed E-state index contributed by atoms with van der Waals surface area (Å²) in [5.41, 5.74) is 0.758. The number of nitrogens with one attached hydrogen (secondary N) is 2. The number of benzene rings is 2. The van der Waals surface area contributed by atoms with Crippen LogP contribution < -0.4 is 15.4 Å². The monoisotopic (exact) mass is 457 g/mol. The second kappa shape index (κ2) is 9.74. The van der Waals surface area contributed by atoms with Crippen molar-refractivity contribution in [2.24, 2.45) is 0 Å². The fraction of sp³-hybridized carbons (Fsp3) is 0.273. The minimum absolute atomic E-state index is 0.137. The average Bonchev–Trinajstić information content (AvgIpc) is 3.09. The molecule has 3 aromatic rings. The number of anilines is 1. The number of fused-ring (bicyclic) bond motifs is 1. The van der Waals surface area contributed by atoms with Crippen LogP contribution in [0.5, 0.6) is 5.75 Å². The van der Waals surface area contributed by atoms with Crippen molar-refractivity contribution in [1.82, 2.24) is 20.1 Å². The molecule has 0 fully saturated rings. The van der Waals surface area contributed by atoms with Gasteiger partial charge in [-0.2, -0.15) is 0 Å². The molecule has 0 aliphatic carbocycles. The molecule has 0 bridgehead atoms. The van der Waals surface area contributed by atoms with Crippen molar-refractivity contribution in [3.63, 3.8) is 0 Å². The van der Waals surface area contributed by atoms with Crippen LogP contribution in [0.4, 0.5) is 14.5 Å². The van der Waals surface area contributed by atoms with Crippen molar-refractivity contribution in [3.05, 3.63) is 71.3 Å². The summed E-state index contributed by atoms with van der Waals surface area (Å²) in [7, 11) is 0. The van der Waals surface area contributed by atoms with Gasteiger partial charge in [0.1, 0.15) is 35.7 Å². The summed E-state index contributed by atoms with van der Waals surface area (Å²) in [5, 5.41) is 8.93. The van der Waals surface area contributed by atoms with Gasteiger partial charge < -0.3 is 20.1 Å². The van der Waals surface area contributed by atoms with E-state index in [0.29, 0.717) is 31.6 Å². The molecular formula is C22H21F2N5O4. The third kappa shape index (κ3) is 5.32. The Hall–Kier alpha value is -3.86. The quantitative estimate of drug-likeness (QED) is 0.527. The zero-order chi connectivity index (χ0) is 23.4. The first-order chi connectivity index (χ1) is 15.9. The summed E-state index contributed by atoms with van der Waals surface area (Å²) < 4.78 is 39.9. The number of amides is 2. The van der Waals surface area contributed by atoms with E-state index in [1.54, 1.807) is 6.92 Å². The van der Waals surface area contributed by atoms with Crippen molar-refractivity contribution >= 4 is 17.5 Å². The van der Waals surface area contributed by atoms with E-state index in [9.17, 15) is 18.4 Å². The minimum Gasteiger partial charge on any atom is -0.488 e. The number of nitrogens with zero attached hydrogens (tertiary/aromatic N) is 3. The molecule has 9 nitrogen and oxygen atoms in total. The van der Waals surface area contributed by atoms with E-state index in [1.807, 2.05) is 30.3 Å². The zero-order valence-corrected chi connectivity index (χ0v) is 17.7. The zero-order valence-electron chi connectivity index (χ0n) is 17.7. The summed E-state index contributed by atoms with van der Waals surface area (Å²) in [6.45, 7) is 2.56. The maximum Gasteiger partial charge on any atom is 0.291 e. The molecule has 1 aromatic heterocycles. The van der Waals surface area contributed by atoms with Gasteiger partial charge in [-0.15, -0.1) is 5.10 Å². The Labute approximate surface area is 187 Å². The first-order valence-electron chi connectivity index (χ1n) is 10.2. The summed E-state index contributed by atoms with van der Waals surface area (Å²) in [5.74, 6) is -3.04. The summed E-state index contributed by atoms with van der Waals surface area (Å²) in [6.07, 6.45) is 0. The Kier molecular flexibility index (Phi) is 6.59. The molecule has 0 radical (unpaired) electrons. The van der Waals surface area contributed by atoms with Gasteiger partial charge in [-0.25, -0.2) is 18.4 Å². The summed E-state index contributed by atoms with van der Waals surface area (Å²) >= 11 is 0. The van der Waals surface area contributed by atoms with E-state index < -0.39 is 29.5 Å². The Balaban J connectivity index is 1.34. The molecule has 0 saturated carbocycles. The number of hydrogen-bond acceptors (Lipinski definition) is 6. The van der Waals surface area contributed by atoms with Crippen LogP contribution in [0.15, 0.2) is 42.5 Å². The number of halogens is 2. The van der Waals surface area contributed by atoms with Gasteiger partial charge in [0, 0.05) is 12.1 Å². The predicted octanol–water partition coefficient (Wildman–Crippen LogP) is 2.21. The number of rotatable bonds is 7. The lowest BCUT2D eigenvalue weighted by molar-refractivity contribution is -0.118. The van der Waals surface area contributed by atoms with Crippen LogP contribution in [0, 0.1) is 18.6 Å². The molecule has 33 heavy (non-hydrogen) atoms. The summed E-state index contributed by atoms with van der Waals surface area (Å²) in [6, 6.07) is 10.1. The lowest BCUT2D eigenvalue weighted by Gasteiger charge is -2.13. The maximum absolute atomic E-state index is 14.0. The predicted molar refractivity (Wildman–Crippen MR) is 113 cm³/mol. The van der Waals surface area contributed by atoms with Gasteiger partial charge in [-0.05, 0) is 12.5 Å². The minimum atomic E-state index is -1.16. The van der Waals surface area contributed by atoms with Crippen LogP contribution in [0.25, 0.3) is 0 Å². The van der Waals surface area contributed by atoms with Gasteiger partial charge in [-0.1, -0.05) is 30.3 Å². The SMILES string of the molecule is Cc1nc(C(=O)N[C@H]2COc3cc(F)cc(F)c3NC2=O)nn1CCOCc1ccccc1. The van der Waals surface area contributed by atoms with Gasteiger partial charge in [0.05, 0.1) is 19.8 Å². The van der Waals surface area contributed by atoms with Gasteiger partial charge >= 0.3 is 0 Å². The molecule has 2 aromatic carbocycles. The summed E-state index contributed by atoms with van der Waals surface area (Å²) in [4.78, 5) is 29.1. The second-order valence-electron chi connectivity index (χ2n) is 7.33. The van der Waals surface area contributed by atoms with Crippen molar-refractivity contribution in [2.45, 2.75) is 26.1 Å². The molecule has 1 aliphatic heterocycles. The Bertz CT molecular complexity index is 1170. The van der Waals surface area contributed by atoms with Gasteiger partial charge in [0.25, 0.3) is 11.8 Å². The fourth-order valence-corrected chi connectivity index (χ4v) is 3.22. The van der Waals surface area contributed by atoms with E-state index in [1.165, 1.54) is 4.68 Å². The number of carbonyl (C=O) groups is 2. The number of hydrogen-bond donors (Lipinski definition) is 2. The standard InChI is InChI=1S/C22H21F2N5O4/c1-13-25-20(28-29(13)7-8-32-11-14-5-3-2-4-6-14)22(31)26-17-12-33-18-10-15(23)9-16(24)19(18)27-21(17)30/h2-6,9-10,17H,7-8,11-12H2,1H3,(H,26,31)(H,27,30)/t17-/m0/s1. The molecule has 2 N–H and O–H groups in total. The fourth-order valence-electron chi connectivity index (χ4n) is 3.22. The molecule has 2 amide bonds. The average molecular weight is 457 g/mol. The highest BCUT2D eigenvalue weighted by atomic mass is 19.1. The van der Waals surface area contributed by atoms with Crippen LogP contribution in [-0.4, -0.2) is 45.8 Å². The second-order valence-corrected chi connectivity index (χ2v) is 7.33. The van der Waals surface area contributed by atoms with Crippen LogP contribution in [-0.2, 0) is 22.7 Å². The molecule has 2 heterocycles. The molecule has 0 unspecified atom stereocenters. The highest BCUT2D eigenvalue weighted by molar-refractivity contribution is 6.01. The van der Waals surface area contributed by atoms with E-state index in [4.69, 9.17) is 9.47 Å². The van der Waals surface area contributed by atoms with Crippen LogP contribution in [0.1, 0.15) is 22.0 Å². The largest absolute Gasteiger partial charge is 0.488 e. The topological polar surface area (TPSA) is 107 Å². The smallest absolute Gasteiger partial charge is 0.291 e. The molecule has 1 aliphatic rings. The molecular weight excluding hydrogens is 436 g/mol. The van der Waals surface area contributed by atoms with Gasteiger partial charge in [0.2, 0.25) is 5.82 Å². The lowest BCUT2D eigenvalue weighted by atomic mass is 10.2. The molecule has 172 valence electrons. The highest BCUT2D eigenvalue weighted by Gasteiger charge is 2.30. The molecule has 0 spiro atoms. The Morgan fingerprint density at radius 2 is 2.09 bits per heavy atom. The van der Waals surface area contributed by atoms with Crippen molar-refractivity contribution in [2.75, 3.05) is 18.5 Å². The van der Waals surface area contributed by atoms with E-state index in [-0.39, 0.29) is 23.9 Å². The Morgan fingerprint density at radius 1 is 1.30 bits per heavy atom. The lowest BCUT2D eigenvalue weighted by Crippen LogP contribution is -2.46. The third-order valence-corrected chi connectivity index (χ3v) is 4.91.